The Morgan fingerprint density at radius 2 is 1.87 bits per heavy atom. The lowest BCUT2D eigenvalue weighted by molar-refractivity contribution is -0.168. The quantitative estimate of drug-likeness (QED) is 0.257. The van der Waals surface area contributed by atoms with Crippen LogP contribution in [0.3, 0.4) is 0 Å². The number of hydrogen-bond acceptors (Lipinski definition) is 5. The van der Waals surface area contributed by atoms with Crippen molar-refractivity contribution in [3.8, 4) is 11.5 Å². The monoisotopic (exact) mass is 533 g/mol. The second-order valence-corrected chi connectivity index (χ2v) is 7.84. The van der Waals surface area contributed by atoms with Crippen LogP contribution in [0.4, 0.5) is 0 Å². The molecule has 1 spiro atoms. The van der Waals surface area contributed by atoms with Crippen LogP contribution >= 0.6 is 24.0 Å². The van der Waals surface area contributed by atoms with E-state index >= 15 is 0 Å². The van der Waals surface area contributed by atoms with E-state index in [0.29, 0.717) is 23.6 Å². The number of rotatable bonds is 9. The van der Waals surface area contributed by atoms with Crippen molar-refractivity contribution in [1.82, 2.24) is 10.6 Å². The first kappa shape index (κ1) is 25.0. The van der Waals surface area contributed by atoms with Crippen molar-refractivity contribution in [2.75, 3.05) is 33.9 Å². The lowest BCUT2D eigenvalue weighted by Crippen LogP contribution is -2.68. The van der Waals surface area contributed by atoms with Crippen LogP contribution in [-0.4, -0.2) is 57.1 Å². The van der Waals surface area contributed by atoms with Gasteiger partial charge in [0.05, 0.1) is 33.0 Å². The molecule has 7 nitrogen and oxygen atoms in total. The summed E-state index contributed by atoms with van der Waals surface area (Å²) in [5.41, 5.74) is 0.974. The summed E-state index contributed by atoms with van der Waals surface area (Å²) in [4.78, 5) is 4.64. The van der Waals surface area contributed by atoms with E-state index in [1.54, 1.807) is 20.3 Å². The van der Waals surface area contributed by atoms with Gasteiger partial charge in [0.2, 0.25) is 0 Å². The number of nitrogens with one attached hydrogen (secondary N) is 2. The average molecular weight is 533 g/mol. The van der Waals surface area contributed by atoms with E-state index in [-0.39, 0.29) is 35.9 Å². The third kappa shape index (κ3) is 5.31. The molecule has 170 valence electrons. The standard InChI is InChI=1S/C22H35N3O4.HI/c1-5-23-21(25-19-13-20(29-6-2)22(19)8-7-9-22)24-14-18(26)15-10-16(27-3)12-17(11-15)28-4;/h10-12,18-20,26H,5-9,13-14H2,1-4H3,(H2,23,24,25);1H. The Bertz CT molecular complexity index is 689. The predicted molar refractivity (Wildman–Crippen MR) is 129 cm³/mol. The Hall–Kier alpha value is -1.26. The molecule has 2 fully saturated rings. The third-order valence-electron chi connectivity index (χ3n) is 6.27. The van der Waals surface area contributed by atoms with E-state index in [9.17, 15) is 5.11 Å². The van der Waals surface area contributed by atoms with Crippen molar-refractivity contribution in [1.29, 1.82) is 0 Å². The fourth-order valence-electron chi connectivity index (χ4n) is 4.43. The van der Waals surface area contributed by atoms with Gasteiger partial charge in [0, 0.05) is 30.7 Å². The fourth-order valence-corrected chi connectivity index (χ4v) is 4.43. The van der Waals surface area contributed by atoms with E-state index in [0.717, 1.165) is 31.1 Å². The Morgan fingerprint density at radius 1 is 1.20 bits per heavy atom. The lowest BCUT2D eigenvalue weighted by atomic mass is 9.51. The van der Waals surface area contributed by atoms with Gasteiger partial charge in [-0.05, 0) is 50.8 Å². The second-order valence-electron chi connectivity index (χ2n) is 7.84. The van der Waals surface area contributed by atoms with E-state index < -0.39 is 6.10 Å². The highest BCUT2D eigenvalue weighted by Gasteiger charge is 2.59. The van der Waals surface area contributed by atoms with Crippen molar-refractivity contribution >= 4 is 29.9 Å². The fraction of sp³-hybridized carbons (Fsp3) is 0.682. The average Bonchev–Trinajstić information content (AvgIpc) is 2.69. The summed E-state index contributed by atoms with van der Waals surface area (Å²) in [7, 11) is 3.20. The van der Waals surface area contributed by atoms with Crippen molar-refractivity contribution in [3.05, 3.63) is 23.8 Å². The van der Waals surface area contributed by atoms with Crippen LogP contribution < -0.4 is 20.1 Å². The van der Waals surface area contributed by atoms with Gasteiger partial charge in [-0.3, -0.25) is 4.99 Å². The van der Waals surface area contributed by atoms with Gasteiger partial charge in [-0.15, -0.1) is 24.0 Å². The lowest BCUT2D eigenvalue weighted by Gasteiger charge is -2.61. The van der Waals surface area contributed by atoms with Crippen LogP contribution in [0.5, 0.6) is 11.5 Å². The molecule has 0 saturated heterocycles. The number of guanidine groups is 1. The van der Waals surface area contributed by atoms with E-state index in [1.165, 1.54) is 19.3 Å². The number of benzene rings is 1. The third-order valence-corrected chi connectivity index (χ3v) is 6.27. The van der Waals surface area contributed by atoms with Gasteiger partial charge in [-0.25, -0.2) is 0 Å². The van der Waals surface area contributed by atoms with Gasteiger partial charge < -0.3 is 30.0 Å². The van der Waals surface area contributed by atoms with Crippen LogP contribution in [-0.2, 0) is 4.74 Å². The molecule has 0 aliphatic heterocycles. The van der Waals surface area contributed by atoms with E-state index in [2.05, 4.69) is 22.5 Å². The first-order valence-corrected chi connectivity index (χ1v) is 10.6. The van der Waals surface area contributed by atoms with Crippen LogP contribution in [0.2, 0.25) is 0 Å². The highest BCUT2D eigenvalue weighted by molar-refractivity contribution is 14.0. The number of hydrogen-bond donors (Lipinski definition) is 3. The maximum absolute atomic E-state index is 10.7. The summed E-state index contributed by atoms with van der Waals surface area (Å²) < 4.78 is 16.5. The SMILES string of the molecule is CCNC(=NCC(O)c1cc(OC)cc(OC)c1)NC1CC(OCC)C12CCC2.I. The maximum atomic E-state index is 10.7. The van der Waals surface area contributed by atoms with Crippen LogP contribution in [0.1, 0.15) is 51.2 Å². The van der Waals surface area contributed by atoms with E-state index in [4.69, 9.17) is 14.2 Å². The summed E-state index contributed by atoms with van der Waals surface area (Å²) in [5, 5.41) is 17.6. The van der Waals surface area contributed by atoms with Gasteiger partial charge in [0.15, 0.2) is 5.96 Å². The molecule has 3 atom stereocenters. The van der Waals surface area contributed by atoms with Crippen LogP contribution in [0.25, 0.3) is 0 Å². The van der Waals surface area contributed by atoms with E-state index in [1.807, 2.05) is 19.1 Å². The van der Waals surface area contributed by atoms with Gasteiger partial charge >= 0.3 is 0 Å². The molecule has 3 unspecified atom stereocenters. The molecule has 2 aliphatic rings. The van der Waals surface area contributed by atoms with Crippen molar-refractivity contribution in [2.24, 2.45) is 10.4 Å². The van der Waals surface area contributed by atoms with Gasteiger partial charge in [0.25, 0.3) is 0 Å². The summed E-state index contributed by atoms with van der Waals surface area (Å²) in [6, 6.07) is 5.78. The zero-order valence-corrected chi connectivity index (χ0v) is 20.8. The molecule has 1 aromatic rings. The Kier molecular flexibility index (Phi) is 9.49. The molecule has 0 radical (unpaired) electrons. The molecule has 2 saturated carbocycles. The van der Waals surface area contributed by atoms with Crippen molar-refractivity contribution in [2.45, 2.75) is 57.8 Å². The normalized spacial score (nSPS) is 22.9. The van der Waals surface area contributed by atoms with Crippen LogP contribution in [0.15, 0.2) is 23.2 Å². The molecule has 3 rings (SSSR count). The Morgan fingerprint density at radius 3 is 2.37 bits per heavy atom. The number of aliphatic imine (C=N–C) groups is 1. The molecule has 2 aliphatic carbocycles. The number of aliphatic hydroxyl groups excluding tert-OH is 1. The zero-order chi connectivity index (χ0) is 20.9. The zero-order valence-electron chi connectivity index (χ0n) is 18.4. The first-order chi connectivity index (χ1) is 14.1. The van der Waals surface area contributed by atoms with Crippen molar-refractivity contribution in [3.63, 3.8) is 0 Å². The minimum atomic E-state index is -0.746. The highest BCUT2D eigenvalue weighted by atomic mass is 127. The minimum Gasteiger partial charge on any atom is -0.497 e. The first-order valence-electron chi connectivity index (χ1n) is 10.6. The molecule has 8 heteroatoms. The summed E-state index contributed by atoms with van der Waals surface area (Å²) >= 11 is 0. The van der Waals surface area contributed by atoms with Crippen LogP contribution in [0, 0.1) is 5.41 Å². The number of aliphatic hydroxyl groups is 1. The second kappa shape index (κ2) is 11.4. The van der Waals surface area contributed by atoms with Gasteiger partial charge in [0.1, 0.15) is 11.5 Å². The predicted octanol–water partition coefficient (Wildman–Crippen LogP) is 3.26. The summed E-state index contributed by atoms with van der Waals surface area (Å²) in [6.45, 7) is 5.89. The molecule has 1 aromatic carbocycles. The molecule has 30 heavy (non-hydrogen) atoms. The molecule has 0 bridgehead atoms. The largest absolute Gasteiger partial charge is 0.497 e. The molecule has 3 N–H and O–H groups in total. The minimum absolute atomic E-state index is 0. The smallest absolute Gasteiger partial charge is 0.191 e. The molecular weight excluding hydrogens is 497 g/mol. The number of ether oxygens (including phenoxy) is 3. The summed E-state index contributed by atoms with van der Waals surface area (Å²) in [5.74, 6) is 2.04. The topological polar surface area (TPSA) is 84.3 Å². The molecule has 0 amide bonds. The Labute approximate surface area is 197 Å². The number of nitrogens with zero attached hydrogens (tertiary/aromatic N) is 1. The maximum Gasteiger partial charge on any atom is 0.191 e. The number of halogens is 1. The van der Waals surface area contributed by atoms with Gasteiger partial charge in [-0.2, -0.15) is 0 Å². The summed E-state index contributed by atoms with van der Waals surface area (Å²) in [6.07, 6.45) is 4.31. The highest BCUT2D eigenvalue weighted by Crippen LogP contribution is 2.57. The Balaban J connectivity index is 0.00000320. The van der Waals surface area contributed by atoms with Crippen molar-refractivity contribution < 1.29 is 19.3 Å². The molecular formula is C22H36IN3O4. The van der Waals surface area contributed by atoms with Gasteiger partial charge in [-0.1, -0.05) is 6.42 Å². The molecule has 0 aromatic heterocycles. The number of methoxy groups -OCH3 is 2. The molecule has 0 heterocycles.